The fourth-order valence-electron chi connectivity index (χ4n) is 10.6. The molecular formula is C60H47BN2O2S2. The highest BCUT2D eigenvalue weighted by Crippen LogP contribution is 2.51. The molecular weight excluding hydrogens is 856 g/mol. The van der Waals surface area contributed by atoms with Crippen LogP contribution in [-0.2, 0) is 5.41 Å². The third-order valence-corrected chi connectivity index (χ3v) is 16.1. The zero-order valence-corrected chi connectivity index (χ0v) is 39.6. The molecule has 8 aromatic carbocycles. The summed E-state index contributed by atoms with van der Waals surface area (Å²) in [4.78, 5) is 7.63. The molecule has 0 spiro atoms. The number of thiophene rings is 2. The Bertz CT molecular complexity index is 3540. The first-order valence-electron chi connectivity index (χ1n) is 23.3. The monoisotopic (exact) mass is 902 g/mol. The number of anilines is 6. The lowest BCUT2D eigenvalue weighted by Crippen LogP contribution is -2.61. The molecule has 0 aliphatic carbocycles. The second kappa shape index (κ2) is 15.5. The van der Waals surface area contributed by atoms with Gasteiger partial charge in [0.15, 0.2) is 11.5 Å². The normalized spacial score (nSPS) is 13.9. The van der Waals surface area contributed by atoms with E-state index in [1.807, 2.05) is 22.7 Å². The first kappa shape index (κ1) is 40.2. The summed E-state index contributed by atoms with van der Waals surface area (Å²) >= 11 is 3.72. The molecule has 0 saturated carbocycles. The van der Waals surface area contributed by atoms with Gasteiger partial charge in [-0.15, -0.1) is 22.7 Å². The number of rotatable bonds is 5. The molecule has 0 amide bonds. The average Bonchev–Trinajstić information content (AvgIpc) is 3.92. The van der Waals surface area contributed by atoms with Crippen molar-refractivity contribution in [3.05, 3.63) is 187 Å². The number of hydrogen-bond acceptors (Lipinski definition) is 6. The smallest absolute Gasteiger partial charge is 0.252 e. The largest absolute Gasteiger partial charge is 0.490 e. The molecule has 3 aliphatic rings. The van der Waals surface area contributed by atoms with Crippen molar-refractivity contribution < 1.29 is 9.47 Å². The predicted molar refractivity (Wildman–Crippen MR) is 287 cm³/mol. The SMILES string of the molecule is Cc1cc2c3c(c1)N(c1cc4c(cc1-c1ccccc1)OCCCO4)c1ccc(C(C)(C)C)cc1B3c1ccc(-c3cc4ccccc4s3)cc1N2c1cccc(-c2cc3ccccc3s2)c1. The maximum atomic E-state index is 6.51. The van der Waals surface area contributed by atoms with Gasteiger partial charge in [-0.25, -0.2) is 0 Å². The van der Waals surface area contributed by atoms with Gasteiger partial charge in [0.05, 0.1) is 18.9 Å². The molecule has 0 saturated heterocycles. The van der Waals surface area contributed by atoms with Gasteiger partial charge in [0.1, 0.15) is 0 Å². The van der Waals surface area contributed by atoms with Crippen LogP contribution in [0.15, 0.2) is 176 Å². The standard InChI is InChI=1S/C60H47BN2O2S2/c1-37-28-51-59-52(29-37)63(49-36-54-53(64-26-13-27-65-54)35-45(49)38-14-6-5-7-15-38)48-25-23-43(60(2,3)4)34-47(48)61(59)46-24-22-42(58-33-41-17-9-11-21-56(41)67-58)31-50(46)62(51)44-19-12-18-39(30-44)57-32-40-16-8-10-20-55(40)66-57/h5-12,14-25,28-36H,13,26-27H2,1-4H3. The second-order valence-corrected chi connectivity index (χ2v) is 21.4. The summed E-state index contributed by atoms with van der Waals surface area (Å²) in [5, 5.41) is 2.55. The van der Waals surface area contributed by atoms with Gasteiger partial charge in [-0.2, -0.15) is 0 Å². The first-order valence-corrected chi connectivity index (χ1v) is 25.0. The topological polar surface area (TPSA) is 24.9 Å². The van der Waals surface area contributed by atoms with Crippen LogP contribution in [0.2, 0.25) is 0 Å². The zero-order valence-electron chi connectivity index (χ0n) is 38.0. The summed E-state index contributed by atoms with van der Waals surface area (Å²) in [6.45, 7) is 10.4. The highest BCUT2D eigenvalue weighted by Gasteiger charge is 2.44. The summed E-state index contributed by atoms with van der Waals surface area (Å²) < 4.78 is 15.5. The molecule has 2 aromatic heterocycles. The summed E-state index contributed by atoms with van der Waals surface area (Å²) in [6, 6.07) is 65.9. The van der Waals surface area contributed by atoms with E-state index in [9.17, 15) is 0 Å². The van der Waals surface area contributed by atoms with Crippen molar-refractivity contribution in [3.8, 4) is 43.5 Å². The van der Waals surface area contributed by atoms with Crippen LogP contribution < -0.4 is 35.7 Å². The van der Waals surface area contributed by atoms with Crippen LogP contribution in [0.25, 0.3) is 52.2 Å². The minimum atomic E-state index is -0.0672. The molecule has 5 heterocycles. The van der Waals surface area contributed by atoms with Gasteiger partial charge < -0.3 is 19.3 Å². The van der Waals surface area contributed by atoms with Gasteiger partial charge in [0.25, 0.3) is 6.71 Å². The van der Waals surface area contributed by atoms with Crippen molar-refractivity contribution in [2.45, 2.75) is 39.5 Å². The van der Waals surface area contributed by atoms with Crippen molar-refractivity contribution in [3.63, 3.8) is 0 Å². The van der Waals surface area contributed by atoms with E-state index in [0.717, 1.165) is 40.4 Å². The van der Waals surface area contributed by atoms with Gasteiger partial charge >= 0.3 is 0 Å². The Balaban J connectivity index is 1.10. The van der Waals surface area contributed by atoms with E-state index in [2.05, 4.69) is 213 Å². The van der Waals surface area contributed by atoms with Crippen LogP contribution in [0.4, 0.5) is 34.1 Å². The molecule has 0 N–H and O–H groups in total. The third kappa shape index (κ3) is 6.70. The lowest BCUT2D eigenvalue weighted by atomic mass is 9.33. The van der Waals surface area contributed by atoms with E-state index in [1.165, 1.54) is 91.3 Å². The van der Waals surface area contributed by atoms with E-state index in [1.54, 1.807) is 0 Å². The highest BCUT2D eigenvalue weighted by molar-refractivity contribution is 7.22. The third-order valence-electron chi connectivity index (χ3n) is 13.8. The quantitative estimate of drug-likeness (QED) is 0.161. The molecule has 0 radical (unpaired) electrons. The minimum Gasteiger partial charge on any atom is -0.490 e. The number of hydrogen-bond donors (Lipinski definition) is 0. The zero-order chi connectivity index (χ0) is 45.0. The van der Waals surface area contributed by atoms with Gasteiger partial charge in [-0.3, -0.25) is 0 Å². The Morgan fingerprint density at radius 3 is 1.84 bits per heavy atom. The Kier molecular flexibility index (Phi) is 9.32. The Morgan fingerprint density at radius 2 is 1.13 bits per heavy atom. The predicted octanol–water partition coefficient (Wildman–Crippen LogP) is 15.0. The fourth-order valence-corrected chi connectivity index (χ4v) is 12.7. The molecule has 67 heavy (non-hydrogen) atoms. The molecule has 0 fully saturated rings. The highest BCUT2D eigenvalue weighted by atomic mass is 32.1. The van der Waals surface area contributed by atoms with E-state index < -0.39 is 0 Å². The van der Waals surface area contributed by atoms with Crippen LogP contribution >= 0.6 is 22.7 Å². The van der Waals surface area contributed by atoms with Gasteiger partial charge in [0, 0.05) is 65.6 Å². The van der Waals surface area contributed by atoms with E-state index >= 15 is 0 Å². The first-order chi connectivity index (χ1) is 32.7. The molecule has 10 aromatic rings. The second-order valence-electron chi connectivity index (χ2n) is 19.2. The molecule has 0 unspecified atom stereocenters. The number of ether oxygens (including phenoxy) is 2. The van der Waals surface area contributed by atoms with Crippen molar-refractivity contribution in [2.75, 3.05) is 23.0 Å². The maximum Gasteiger partial charge on any atom is 0.252 e. The molecule has 4 nitrogen and oxygen atoms in total. The minimum absolute atomic E-state index is 0.0341. The lowest BCUT2D eigenvalue weighted by molar-refractivity contribution is 0.297. The van der Waals surface area contributed by atoms with Crippen LogP contribution in [0, 0.1) is 6.92 Å². The number of nitrogens with zero attached hydrogens (tertiary/aromatic N) is 2. The van der Waals surface area contributed by atoms with Gasteiger partial charge in [-0.1, -0.05) is 124 Å². The molecule has 3 aliphatic heterocycles. The van der Waals surface area contributed by atoms with Crippen molar-refractivity contribution in [1.29, 1.82) is 0 Å². The Morgan fingerprint density at radius 1 is 0.493 bits per heavy atom. The van der Waals surface area contributed by atoms with Crippen LogP contribution in [0.1, 0.15) is 38.3 Å². The summed E-state index contributed by atoms with van der Waals surface area (Å²) in [5.74, 6) is 1.57. The van der Waals surface area contributed by atoms with Crippen LogP contribution in [0.5, 0.6) is 11.5 Å². The van der Waals surface area contributed by atoms with Crippen molar-refractivity contribution in [2.24, 2.45) is 0 Å². The fraction of sp³-hybridized carbons (Fsp3) is 0.133. The van der Waals surface area contributed by atoms with Crippen LogP contribution in [-0.4, -0.2) is 19.9 Å². The summed E-state index contributed by atoms with van der Waals surface area (Å²) in [7, 11) is 0. The van der Waals surface area contributed by atoms with E-state index in [4.69, 9.17) is 9.47 Å². The van der Waals surface area contributed by atoms with Gasteiger partial charge in [-0.05, 0) is 134 Å². The lowest BCUT2D eigenvalue weighted by Gasteiger charge is -2.45. The summed E-state index contributed by atoms with van der Waals surface area (Å²) in [5.41, 5.74) is 17.9. The molecule has 7 heteroatoms. The maximum absolute atomic E-state index is 6.51. The Labute approximate surface area is 400 Å². The summed E-state index contributed by atoms with van der Waals surface area (Å²) in [6.07, 6.45) is 0.837. The molecule has 0 bridgehead atoms. The van der Waals surface area contributed by atoms with Crippen molar-refractivity contribution >= 4 is 100 Å². The average molecular weight is 903 g/mol. The van der Waals surface area contributed by atoms with E-state index in [0.29, 0.717) is 13.2 Å². The number of aryl methyl sites for hydroxylation is 1. The van der Waals surface area contributed by atoms with E-state index in [-0.39, 0.29) is 12.1 Å². The van der Waals surface area contributed by atoms with Gasteiger partial charge in [0.2, 0.25) is 0 Å². The van der Waals surface area contributed by atoms with Crippen LogP contribution in [0.3, 0.4) is 0 Å². The molecule has 324 valence electrons. The number of benzene rings is 8. The Hall–Kier alpha value is -7.06. The molecule has 13 rings (SSSR count). The number of fused-ring (bicyclic) bond motifs is 7. The molecule has 0 atom stereocenters. The van der Waals surface area contributed by atoms with Crippen molar-refractivity contribution in [1.82, 2.24) is 0 Å².